The van der Waals surface area contributed by atoms with Crippen LogP contribution in [-0.4, -0.2) is 26.6 Å². The van der Waals surface area contributed by atoms with Crippen molar-refractivity contribution in [3.8, 4) is 0 Å². The van der Waals surface area contributed by atoms with Crippen molar-refractivity contribution in [2.24, 2.45) is 0 Å². The Kier molecular flexibility index (Phi) is 2.10. The van der Waals surface area contributed by atoms with Crippen molar-refractivity contribution in [2.75, 3.05) is 12.4 Å². The molecule has 5 heteroatoms. The molecule has 5 nitrogen and oxygen atoms in total. The zero-order chi connectivity index (χ0) is 11.1. The van der Waals surface area contributed by atoms with Crippen LogP contribution in [0.3, 0.4) is 0 Å². The van der Waals surface area contributed by atoms with E-state index in [1.807, 2.05) is 17.8 Å². The monoisotopic (exact) mass is 205 g/mol. The first-order chi connectivity index (χ1) is 7.04. The zero-order valence-corrected chi connectivity index (χ0v) is 9.44. The van der Waals surface area contributed by atoms with Gasteiger partial charge in [-0.2, -0.15) is 5.10 Å². The van der Waals surface area contributed by atoms with E-state index in [0.29, 0.717) is 0 Å². The number of imidazole rings is 1. The predicted molar refractivity (Wildman–Crippen MR) is 59.0 cm³/mol. The van der Waals surface area contributed by atoms with Crippen LogP contribution < -0.4 is 5.32 Å². The molecule has 1 N–H and O–H groups in total. The Hall–Kier alpha value is -1.65. The molecule has 0 saturated heterocycles. The van der Waals surface area contributed by atoms with Crippen LogP contribution >= 0.6 is 0 Å². The van der Waals surface area contributed by atoms with Gasteiger partial charge < -0.3 is 5.32 Å². The van der Waals surface area contributed by atoms with E-state index in [9.17, 15) is 0 Å². The Morgan fingerprint density at radius 3 is 2.60 bits per heavy atom. The number of hydrogen-bond acceptors (Lipinski definition) is 4. The van der Waals surface area contributed by atoms with Crippen LogP contribution in [0.5, 0.6) is 0 Å². The molecule has 2 aromatic rings. The summed E-state index contributed by atoms with van der Waals surface area (Å²) >= 11 is 0. The number of nitrogens with one attached hydrogen (secondary N) is 1. The van der Waals surface area contributed by atoms with Gasteiger partial charge in [-0.3, -0.25) is 0 Å². The van der Waals surface area contributed by atoms with Gasteiger partial charge in [0.15, 0.2) is 11.5 Å². The third kappa shape index (κ3) is 1.54. The Labute approximate surface area is 88.6 Å². The fourth-order valence-electron chi connectivity index (χ4n) is 1.50. The third-order valence-electron chi connectivity index (χ3n) is 2.31. The normalized spacial score (nSPS) is 12.0. The van der Waals surface area contributed by atoms with E-state index in [2.05, 4.69) is 41.2 Å². The number of hydrogen-bond donors (Lipinski definition) is 1. The first-order valence-electron chi connectivity index (χ1n) is 4.91. The molecule has 2 rings (SSSR count). The largest absolute Gasteiger partial charge is 0.370 e. The van der Waals surface area contributed by atoms with Crippen LogP contribution in [0, 0.1) is 0 Å². The van der Waals surface area contributed by atoms with Crippen molar-refractivity contribution in [1.29, 1.82) is 0 Å². The summed E-state index contributed by atoms with van der Waals surface area (Å²) in [5.74, 6) is 0.750. The van der Waals surface area contributed by atoms with Crippen LogP contribution in [0.4, 0.5) is 5.82 Å². The Morgan fingerprint density at radius 1 is 1.27 bits per heavy atom. The molecular weight excluding hydrogens is 190 g/mol. The topological polar surface area (TPSA) is 55.1 Å². The maximum absolute atomic E-state index is 4.33. The summed E-state index contributed by atoms with van der Waals surface area (Å²) < 4.78 is 1.83. The second-order valence-corrected chi connectivity index (χ2v) is 4.49. The van der Waals surface area contributed by atoms with Crippen LogP contribution in [0.1, 0.15) is 26.5 Å². The number of fused-ring (bicyclic) bond motifs is 1. The minimum atomic E-state index is 0.0266. The average Bonchev–Trinajstić information content (AvgIpc) is 2.59. The molecule has 0 atom stereocenters. The van der Waals surface area contributed by atoms with Crippen molar-refractivity contribution < 1.29 is 0 Å². The summed E-state index contributed by atoms with van der Waals surface area (Å²) in [4.78, 5) is 8.45. The van der Waals surface area contributed by atoms with Crippen molar-refractivity contribution in [1.82, 2.24) is 19.6 Å². The van der Waals surface area contributed by atoms with Crippen molar-refractivity contribution in [2.45, 2.75) is 26.2 Å². The maximum Gasteiger partial charge on any atom is 0.197 e. The molecule has 0 spiro atoms. The molecule has 15 heavy (non-hydrogen) atoms. The van der Waals surface area contributed by atoms with Crippen LogP contribution in [0.15, 0.2) is 12.5 Å². The van der Waals surface area contributed by atoms with Gasteiger partial charge in [-0.25, -0.2) is 14.5 Å². The number of nitrogens with zero attached hydrogens (tertiary/aromatic N) is 4. The summed E-state index contributed by atoms with van der Waals surface area (Å²) in [7, 11) is 1.83. The maximum atomic E-state index is 4.33. The highest BCUT2D eigenvalue weighted by Gasteiger charge is 2.20. The highest BCUT2D eigenvalue weighted by atomic mass is 15.3. The zero-order valence-electron chi connectivity index (χ0n) is 9.44. The number of anilines is 1. The van der Waals surface area contributed by atoms with Crippen molar-refractivity contribution in [3.63, 3.8) is 0 Å². The molecule has 0 saturated carbocycles. The van der Waals surface area contributed by atoms with Crippen LogP contribution in [-0.2, 0) is 5.41 Å². The lowest BCUT2D eigenvalue weighted by Crippen LogP contribution is -2.15. The summed E-state index contributed by atoms with van der Waals surface area (Å²) in [6, 6.07) is 0. The van der Waals surface area contributed by atoms with E-state index >= 15 is 0 Å². The molecule has 0 fully saturated rings. The van der Waals surface area contributed by atoms with E-state index in [4.69, 9.17) is 0 Å². The quantitative estimate of drug-likeness (QED) is 0.765. The lowest BCUT2D eigenvalue weighted by Gasteiger charge is -2.16. The van der Waals surface area contributed by atoms with E-state index in [1.165, 1.54) is 6.33 Å². The van der Waals surface area contributed by atoms with Crippen LogP contribution in [0.25, 0.3) is 5.65 Å². The van der Waals surface area contributed by atoms with Gasteiger partial charge in [-0.05, 0) is 0 Å². The molecule has 2 heterocycles. The highest BCUT2D eigenvalue weighted by Crippen LogP contribution is 2.23. The minimum Gasteiger partial charge on any atom is -0.370 e. The van der Waals surface area contributed by atoms with Crippen molar-refractivity contribution in [3.05, 3.63) is 18.2 Å². The molecule has 80 valence electrons. The first kappa shape index (κ1) is 9.89. The number of rotatable bonds is 1. The molecule has 0 aliphatic rings. The van der Waals surface area contributed by atoms with Gasteiger partial charge >= 0.3 is 0 Å². The standard InChI is InChI=1S/C10H15N5/c1-10(2,3)7-5-12-9-8(11-4)13-6-14-15(7)9/h5-6H,1-4H3,(H,11,13,14). The SMILES string of the molecule is CNc1ncnn2c(C(C)(C)C)cnc12. The van der Waals surface area contributed by atoms with E-state index < -0.39 is 0 Å². The van der Waals surface area contributed by atoms with E-state index in [0.717, 1.165) is 17.2 Å². The molecule has 0 aromatic carbocycles. The van der Waals surface area contributed by atoms with Crippen LogP contribution in [0.2, 0.25) is 0 Å². The summed E-state index contributed by atoms with van der Waals surface area (Å²) in [5.41, 5.74) is 1.88. The third-order valence-corrected chi connectivity index (χ3v) is 2.31. The molecule has 0 unspecified atom stereocenters. The Morgan fingerprint density at radius 2 is 2.00 bits per heavy atom. The summed E-state index contributed by atoms with van der Waals surface area (Å²) in [5, 5.41) is 7.22. The smallest absolute Gasteiger partial charge is 0.197 e. The van der Waals surface area contributed by atoms with Gasteiger partial charge in [0.25, 0.3) is 0 Å². The van der Waals surface area contributed by atoms with Gasteiger partial charge in [0.1, 0.15) is 6.33 Å². The Bertz CT molecular complexity index is 480. The lowest BCUT2D eigenvalue weighted by atomic mass is 9.93. The molecule has 2 aromatic heterocycles. The van der Waals surface area contributed by atoms with E-state index in [1.54, 1.807) is 0 Å². The summed E-state index contributed by atoms with van der Waals surface area (Å²) in [6.45, 7) is 6.41. The molecule has 0 amide bonds. The highest BCUT2D eigenvalue weighted by molar-refractivity contribution is 5.61. The average molecular weight is 205 g/mol. The van der Waals surface area contributed by atoms with Gasteiger partial charge in [-0.15, -0.1) is 0 Å². The van der Waals surface area contributed by atoms with Gasteiger partial charge in [0.2, 0.25) is 0 Å². The number of aromatic nitrogens is 4. The van der Waals surface area contributed by atoms with Crippen molar-refractivity contribution >= 4 is 11.5 Å². The lowest BCUT2D eigenvalue weighted by molar-refractivity contribution is 0.550. The minimum absolute atomic E-state index is 0.0266. The first-order valence-corrected chi connectivity index (χ1v) is 4.91. The second kappa shape index (κ2) is 3.18. The fourth-order valence-corrected chi connectivity index (χ4v) is 1.50. The predicted octanol–water partition coefficient (Wildman–Crippen LogP) is 1.46. The van der Waals surface area contributed by atoms with Gasteiger partial charge in [0, 0.05) is 12.5 Å². The van der Waals surface area contributed by atoms with E-state index in [-0.39, 0.29) is 5.41 Å². The molecule has 0 bridgehead atoms. The van der Waals surface area contributed by atoms with Gasteiger partial charge in [0.05, 0.1) is 11.9 Å². The Balaban J connectivity index is 2.72. The molecular formula is C10H15N5. The summed E-state index contributed by atoms with van der Waals surface area (Å²) in [6.07, 6.45) is 3.39. The van der Waals surface area contributed by atoms with Gasteiger partial charge in [-0.1, -0.05) is 20.8 Å². The molecule has 0 radical (unpaired) electrons. The molecule has 0 aliphatic carbocycles. The fraction of sp³-hybridized carbons (Fsp3) is 0.500. The second-order valence-electron chi connectivity index (χ2n) is 4.49. The molecule has 0 aliphatic heterocycles.